The van der Waals surface area contributed by atoms with Gasteiger partial charge in [0.25, 0.3) is 0 Å². The maximum Gasteiger partial charge on any atom is 0.312 e. The van der Waals surface area contributed by atoms with Gasteiger partial charge in [-0.05, 0) is 19.8 Å². The predicted octanol–water partition coefficient (Wildman–Crippen LogP) is 5.66. The van der Waals surface area contributed by atoms with Gasteiger partial charge in [-0.25, -0.2) is 0 Å². The Hall–Kier alpha value is -0.790. The van der Waals surface area contributed by atoms with E-state index in [1.54, 1.807) is 6.08 Å². The summed E-state index contributed by atoms with van der Waals surface area (Å²) in [6.07, 6.45) is 13.2. The lowest BCUT2D eigenvalue weighted by atomic mass is 9.79. The minimum absolute atomic E-state index is 0.0367. The molecule has 0 aliphatic carbocycles. The van der Waals surface area contributed by atoms with Crippen molar-refractivity contribution in [1.29, 1.82) is 0 Å². The van der Waals surface area contributed by atoms with Crippen LogP contribution in [0.2, 0.25) is 0 Å². The van der Waals surface area contributed by atoms with Crippen LogP contribution in [0.4, 0.5) is 0 Å². The highest BCUT2D eigenvalue weighted by Crippen LogP contribution is 2.33. The number of hydrogen-bond acceptors (Lipinski definition) is 2. The zero-order valence-electron chi connectivity index (χ0n) is 13.9. The summed E-state index contributed by atoms with van der Waals surface area (Å²) in [7, 11) is 0. The number of carbonyl (C=O) groups excluding carboxylic acids is 1. The van der Waals surface area contributed by atoms with E-state index in [4.69, 9.17) is 4.74 Å². The van der Waals surface area contributed by atoms with Crippen LogP contribution in [-0.4, -0.2) is 12.6 Å². The Morgan fingerprint density at radius 1 is 1.00 bits per heavy atom. The average Bonchev–Trinajstić information content (AvgIpc) is 2.45. The van der Waals surface area contributed by atoms with E-state index in [2.05, 4.69) is 27.4 Å². The standard InChI is InChI=1S/C18H34O2/c1-5-8-10-12-14-18(4,15-13-11-9-6-2)17(19)20-16-7-3/h7H,3,5-6,8-16H2,1-2,4H3. The second-order valence-electron chi connectivity index (χ2n) is 6.07. The second kappa shape index (κ2) is 12.0. The zero-order chi connectivity index (χ0) is 15.3. The molecule has 0 amide bonds. The first kappa shape index (κ1) is 19.2. The van der Waals surface area contributed by atoms with E-state index in [1.165, 1.54) is 38.5 Å². The van der Waals surface area contributed by atoms with Crippen molar-refractivity contribution in [3.63, 3.8) is 0 Å². The van der Waals surface area contributed by atoms with Crippen LogP contribution in [-0.2, 0) is 9.53 Å². The quantitative estimate of drug-likeness (QED) is 0.247. The summed E-state index contributed by atoms with van der Waals surface area (Å²) >= 11 is 0. The van der Waals surface area contributed by atoms with Crippen molar-refractivity contribution in [3.05, 3.63) is 12.7 Å². The molecular formula is C18H34O2. The number of ether oxygens (including phenoxy) is 1. The molecule has 0 heterocycles. The van der Waals surface area contributed by atoms with Gasteiger partial charge in [0.15, 0.2) is 0 Å². The Morgan fingerprint density at radius 3 is 1.90 bits per heavy atom. The molecule has 0 bridgehead atoms. The Bertz CT molecular complexity index is 246. The van der Waals surface area contributed by atoms with Crippen LogP contribution >= 0.6 is 0 Å². The molecule has 0 rings (SSSR count). The molecule has 0 saturated heterocycles. The van der Waals surface area contributed by atoms with Gasteiger partial charge in [-0.2, -0.15) is 0 Å². The Labute approximate surface area is 126 Å². The Balaban J connectivity index is 4.32. The first-order valence-electron chi connectivity index (χ1n) is 8.38. The molecule has 0 aromatic rings. The molecule has 0 aliphatic heterocycles. The highest BCUT2D eigenvalue weighted by Gasteiger charge is 2.33. The monoisotopic (exact) mass is 282 g/mol. The minimum atomic E-state index is -0.301. The smallest absolute Gasteiger partial charge is 0.312 e. The summed E-state index contributed by atoms with van der Waals surface area (Å²) in [5, 5.41) is 0. The van der Waals surface area contributed by atoms with Crippen LogP contribution in [0.25, 0.3) is 0 Å². The molecule has 0 atom stereocenters. The van der Waals surface area contributed by atoms with Gasteiger partial charge in [0.05, 0.1) is 5.41 Å². The van der Waals surface area contributed by atoms with Gasteiger partial charge in [0.2, 0.25) is 0 Å². The molecule has 0 spiro atoms. The van der Waals surface area contributed by atoms with Crippen LogP contribution in [0.5, 0.6) is 0 Å². The summed E-state index contributed by atoms with van der Waals surface area (Å²) < 4.78 is 5.31. The number of carbonyl (C=O) groups is 1. The van der Waals surface area contributed by atoms with E-state index in [1.807, 2.05) is 0 Å². The Kier molecular flexibility index (Phi) is 11.5. The highest BCUT2D eigenvalue weighted by atomic mass is 16.5. The predicted molar refractivity (Wildman–Crippen MR) is 86.8 cm³/mol. The molecule has 0 unspecified atom stereocenters. The third kappa shape index (κ3) is 8.39. The molecule has 0 aromatic heterocycles. The molecule has 118 valence electrons. The van der Waals surface area contributed by atoms with Gasteiger partial charge >= 0.3 is 5.97 Å². The number of unbranched alkanes of at least 4 members (excludes halogenated alkanes) is 6. The molecule has 0 saturated carbocycles. The van der Waals surface area contributed by atoms with Crippen LogP contribution in [0.15, 0.2) is 12.7 Å². The van der Waals surface area contributed by atoms with E-state index < -0.39 is 0 Å². The van der Waals surface area contributed by atoms with Crippen LogP contribution in [0.3, 0.4) is 0 Å². The molecule has 0 aliphatic rings. The molecule has 2 nitrogen and oxygen atoms in total. The molecule has 0 N–H and O–H groups in total. The van der Waals surface area contributed by atoms with Crippen molar-refractivity contribution < 1.29 is 9.53 Å². The molecule has 0 fully saturated rings. The second-order valence-corrected chi connectivity index (χ2v) is 6.07. The lowest BCUT2D eigenvalue weighted by molar-refractivity contribution is -0.154. The SMILES string of the molecule is C=CCOC(=O)C(C)(CCCCCC)CCCCCC. The fraction of sp³-hybridized carbons (Fsp3) is 0.833. The van der Waals surface area contributed by atoms with Crippen molar-refractivity contribution in [3.8, 4) is 0 Å². The lowest BCUT2D eigenvalue weighted by Crippen LogP contribution is -2.30. The first-order chi connectivity index (χ1) is 9.60. The first-order valence-corrected chi connectivity index (χ1v) is 8.38. The van der Waals surface area contributed by atoms with Gasteiger partial charge in [-0.15, -0.1) is 0 Å². The molecule has 2 heteroatoms. The van der Waals surface area contributed by atoms with E-state index in [0.717, 1.165) is 25.7 Å². The molecular weight excluding hydrogens is 248 g/mol. The Morgan fingerprint density at radius 2 is 1.50 bits per heavy atom. The number of hydrogen-bond donors (Lipinski definition) is 0. The third-order valence-electron chi connectivity index (χ3n) is 3.99. The normalized spacial score (nSPS) is 11.3. The molecule has 20 heavy (non-hydrogen) atoms. The van der Waals surface area contributed by atoms with Crippen molar-refractivity contribution in [2.75, 3.05) is 6.61 Å². The zero-order valence-corrected chi connectivity index (χ0v) is 13.9. The topological polar surface area (TPSA) is 26.3 Å². The van der Waals surface area contributed by atoms with Crippen LogP contribution < -0.4 is 0 Å². The average molecular weight is 282 g/mol. The van der Waals surface area contributed by atoms with Gasteiger partial charge in [-0.1, -0.05) is 77.9 Å². The molecule has 0 aromatic carbocycles. The number of rotatable bonds is 13. The van der Waals surface area contributed by atoms with Gasteiger partial charge in [0, 0.05) is 0 Å². The summed E-state index contributed by atoms with van der Waals surface area (Å²) in [6.45, 7) is 10.4. The summed E-state index contributed by atoms with van der Waals surface area (Å²) in [5.41, 5.74) is -0.301. The summed E-state index contributed by atoms with van der Waals surface area (Å²) in [4.78, 5) is 12.3. The van der Waals surface area contributed by atoms with E-state index in [-0.39, 0.29) is 11.4 Å². The minimum Gasteiger partial charge on any atom is -0.461 e. The van der Waals surface area contributed by atoms with Gasteiger partial charge in [-0.3, -0.25) is 4.79 Å². The van der Waals surface area contributed by atoms with E-state index in [0.29, 0.717) is 6.61 Å². The summed E-state index contributed by atoms with van der Waals surface area (Å²) in [6, 6.07) is 0. The van der Waals surface area contributed by atoms with Crippen molar-refractivity contribution in [2.24, 2.45) is 5.41 Å². The lowest BCUT2D eigenvalue weighted by Gasteiger charge is -2.27. The fourth-order valence-electron chi connectivity index (χ4n) is 2.52. The van der Waals surface area contributed by atoms with Crippen molar-refractivity contribution in [2.45, 2.75) is 85.0 Å². The van der Waals surface area contributed by atoms with Gasteiger partial charge < -0.3 is 4.74 Å². The highest BCUT2D eigenvalue weighted by molar-refractivity contribution is 5.76. The van der Waals surface area contributed by atoms with Crippen molar-refractivity contribution in [1.82, 2.24) is 0 Å². The van der Waals surface area contributed by atoms with Gasteiger partial charge in [0.1, 0.15) is 6.61 Å². The van der Waals surface area contributed by atoms with Crippen LogP contribution in [0.1, 0.15) is 85.0 Å². The maximum atomic E-state index is 12.3. The molecule has 0 radical (unpaired) electrons. The largest absolute Gasteiger partial charge is 0.461 e. The van der Waals surface area contributed by atoms with E-state index in [9.17, 15) is 4.79 Å². The fourth-order valence-corrected chi connectivity index (χ4v) is 2.52. The van der Waals surface area contributed by atoms with E-state index >= 15 is 0 Å². The number of esters is 1. The maximum absolute atomic E-state index is 12.3. The van der Waals surface area contributed by atoms with Crippen LogP contribution in [0, 0.1) is 5.41 Å². The van der Waals surface area contributed by atoms with Crippen molar-refractivity contribution >= 4 is 5.97 Å². The summed E-state index contributed by atoms with van der Waals surface area (Å²) in [5.74, 6) is -0.0367. The third-order valence-corrected chi connectivity index (χ3v) is 3.99.